The predicted molar refractivity (Wildman–Crippen MR) is 294 cm³/mol. The molecule has 0 rings (SSSR count). The molecule has 5 heteroatoms. The summed E-state index contributed by atoms with van der Waals surface area (Å²) in [6, 6.07) is 0. The summed E-state index contributed by atoms with van der Waals surface area (Å²) in [6.07, 6.45) is 69.0. The van der Waals surface area contributed by atoms with Crippen LogP contribution in [0.3, 0.4) is 0 Å². The van der Waals surface area contributed by atoms with Gasteiger partial charge in [0.15, 0.2) is 0 Å². The van der Waals surface area contributed by atoms with Crippen molar-refractivity contribution in [2.24, 2.45) is 5.92 Å². The molecule has 0 aliphatic heterocycles. The molecule has 5 nitrogen and oxygen atoms in total. The Morgan fingerprint density at radius 2 is 0.567 bits per heavy atom. The number of rotatable bonds is 51. The number of unbranched alkanes of at least 4 members (excludes halogenated alkanes) is 34. The first-order chi connectivity index (χ1) is 32.9. The highest BCUT2D eigenvalue weighted by Gasteiger charge is 2.11. The summed E-state index contributed by atoms with van der Waals surface area (Å²) in [5, 5.41) is 0. The average Bonchev–Trinajstić information content (AvgIpc) is 3.33. The Balaban J connectivity index is 0. The Labute approximate surface area is 419 Å². The van der Waals surface area contributed by atoms with Crippen molar-refractivity contribution in [3.8, 4) is 0 Å². The summed E-state index contributed by atoms with van der Waals surface area (Å²) in [6.45, 7) is 11.8. The molecule has 0 aromatic carbocycles. The second kappa shape index (κ2) is 60.0. The number of allylic oxidation sites excluding steroid dienone is 6. The van der Waals surface area contributed by atoms with Crippen LogP contribution in [-0.4, -0.2) is 24.5 Å². The Morgan fingerprint density at radius 3 is 0.851 bits per heavy atom. The van der Waals surface area contributed by atoms with Gasteiger partial charge in [-0.1, -0.05) is 244 Å². The standard InChI is InChI=1S/C36H66O3.C26H50O2/c1-3-5-7-9-11-13-15-17-19-21-23-25-27-29-31-33-35(37)39-36(38)34-32-30-28-26-24-22-20-18-16-14-12-10-8-6-4-2;1-4-7-9-10-11-12-13-14-15-16-17-18-19-20-21-23-26(27)28-24-25(6-3)22-8-5-2/h17-20H,3-16,21-34H2,1-2H3;14-15,25H,4-13,16-24H2,1-3H3. The Hall–Kier alpha value is -2.17. The Morgan fingerprint density at radius 1 is 0.313 bits per heavy atom. The van der Waals surface area contributed by atoms with Crippen molar-refractivity contribution >= 4 is 17.9 Å². The van der Waals surface area contributed by atoms with Gasteiger partial charge in [-0.15, -0.1) is 0 Å². The molecule has 0 aromatic rings. The van der Waals surface area contributed by atoms with E-state index in [-0.39, 0.29) is 17.9 Å². The van der Waals surface area contributed by atoms with E-state index < -0.39 is 0 Å². The molecule has 0 heterocycles. The van der Waals surface area contributed by atoms with Gasteiger partial charge in [-0.25, -0.2) is 0 Å². The lowest BCUT2D eigenvalue weighted by molar-refractivity contribution is -0.159. The minimum atomic E-state index is -0.342. The van der Waals surface area contributed by atoms with Crippen molar-refractivity contribution in [1.29, 1.82) is 0 Å². The SMILES string of the molecule is CCCCCCCCC=CCCCCCCCC(=O)OC(=O)CCCCCCCC=CCCCCCCCC.CCCCCCCCC=CCCCCCCCC(=O)OCC(CC)CCCC. The van der Waals surface area contributed by atoms with E-state index in [4.69, 9.17) is 9.47 Å². The topological polar surface area (TPSA) is 69.7 Å². The van der Waals surface area contributed by atoms with Gasteiger partial charge in [0.1, 0.15) is 0 Å². The van der Waals surface area contributed by atoms with E-state index in [0.717, 1.165) is 57.8 Å². The summed E-state index contributed by atoms with van der Waals surface area (Å²) in [5.41, 5.74) is 0. The van der Waals surface area contributed by atoms with Gasteiger partial charge in [0.2, 0.25) is 0 Å². The molecule has 394 valence electrons. The van der Waals surface area contributed by atoms with Crippen molar-refractivity contribution < 1.29 is 23.9 Å². The Bertz CT molecular complexity index is 1040. The number of carbonyl (C=O) groups excluding carboxylic acids is 3. The Kier molecular flexibility index (Phi) is 59.9. The highest BCUT2D eigenvalue weighted by Crippen LogP contribution is 2.16. The average molecular weight is 942 g/mol. The molecule has 0 saturated heterocycles. The summed E-state index contributed by atoms with van der Waals surface area (Å²) >= 11 is 0. The lowest BCUT2D eigenvalue weighted by Gasteiger charge is -2.14. The largest absolute Gasteiger partial charge is 0.465 e. The number of hydrogen-bond donors (Lipinski definition) is 0. The summed E-state index contributed by atoms with van der Waals surface area (Å²) in [4.78, 5) is 35.6. The van der Waals surface area contributed by atoms with Crippen molar-refractivity contribution in [3.05, 3.63) is 36.5 Å². The normalized spacial score (nSPS) is 12.0. The summed E-state index contributed by atoms with van der Waals surface area (Å²) < 4.78 is 10.5. The lowest BCUT2D eigenvalue weighted by atomic mass is 10.0. The van der Waals surface area contributed by atoms with Gasteiger partial charge in [0.05, 0.1) is 6.61 Å². The molecule has 0 aliphatic rings. The zero-order chi connectivity index (χ0) is 49.2. The van der Waals surface area contributed by atoms with Crippen molar-refractivity contribution in [2.45, 2.75) is 330 Å². The molecule has 0 aliphatic carbocycles. The summed E-state index contributed by atoms with van der Waals surface area (Å²) in [5.74, 6) is -0.124. The van der Waals surface area contributed by atoms with Crippen LogP contribution in [0, 0.1) is 5.92 Å². The van der Waals surface area contributed by atoms with E-state index in [1.54, 1.807) is 0 Å². The first kappa shape index (κ1) is 66.9. The second-order valence-corrected chi connectivity index (χ2v) is 19.9. The molecule has 0 spiro atoms. The number of ether oxygens (including phenoxy) is 2. The maximum atomic E-state index is 11.9. The zero-order valence-corrected chi connectivity index (χ0v) is 45.8. The molecule has 1 atom stereocenters. The van der Waals surface area contributed by atoms with Crippen LogP contribution in [0.1, 0.15) is 330 Å². The van der Waals surface area contributed by atoms with Crippen LogP contribution in [-0.2, 0) is 23.9 Å². The fourth-order valence-corrected chi connectivity index (χ4v) is 8.43. The van der Waals surface area contributed by atoms with Gasteiger partial charge >= 0.3 is 17.9 Å². The van der Waals surface area contributed by atoms with Crippen LogP contribution in [0.4, 0.5) is 0 Å². The molecule has 0 saturated carbocycles. The maximum Gasteiger partial charge on any atom is 0.313 e. The van der Waals surface area contributed by atoms with Gasteiger partial charge in [-0.05, 0) is 109 Å². The van der Waals surface area contributed by atoms with Crippen LogP contribution in [0.2, 0.25) is 0 Å². The molecule has 1 unspecified atom stereocenters. The van der Waals surface area contributed by atoms with Gasteiger partial charge in [-0.2, -0.15) is 0 Å². The molecular formula is C62H116O5. The minimum Gasteiger partial charge on any atom is -0.465 e. The minimum absolute atomic E-state index is 0.00701. The second-order valence-electron chi connectivity index (χ2n) is 19.9. The van der Waals surface area contributed by atoms with Gasteiger partial charge < -0.3 is 9.47 Å². The zero-order valence-electron chi connectivity index (χ0n) is 45.8. The number of carbonyl (C=O) groups is 3. The highest BCUT2D eigenvalue weighted by molar-refractivity contribution is 5.85. The van der Waals surface area contributed by atoms with Crippen LogP contribution < -0.4 is 0 Å². The maximum absolute atomic E-state index is 11.9. The van der Waals surface area contributed by atoms with E-state index in [2.05, 4.69) is 71.1 Å². The quantitative estimate of drug-likeness (QED) is 0.0263. The van der Waals surface area contributed by atoms with Crippen LogP contribution in [0.5, 0.6) is 0 Å². The lowest BCUT2D eigenvalue weighted by Crippen LogP contribution is -2.13. The van der Waals surface area contributed by atoms with Gasteiger partial charge in [-0.3, -0.25) is 14.4 Å². The van der Waals surface area contributed by atoms with Gasteiger partial charge in [0.25, 0.3) is 0 Å². The third-order valence-electron chi connectivity index (χ3n) is 13.2. The molecule has 67 heavy (non-hydrogen) atoms. The molecule has 0 N–H and O–H groups in total. The fraction of sp³-hybridized carbons (Fsp3) is 0.855. The fourth-order valence-electron chi connectivity index (χ4n) is 8.43. The van der Waals surface area contributed by atoms with Crippen molar-refractivity contribution in [1.82, 2.24) is 0 Å². The smallest absolute Gasteiger partial charge is 0.313 e. The van der Waals surface area contributed by atoms with Gasteiger partial charge in [0, 0.05) is 19.3 Å². The van der Waals surface area contributed by atoms with E-state index in [9.17, 15) is 14.4 Å². The van der Waals surface area contributed by atoms with E-state index in [1.807, 2.05) is 0 Å². The number of esters is 3. The third kappa shape index (κ3) is 59.9. The molecule has 0 radical (unpaired) electrons. The molecular weight excluding hydrogens is 825 g/mol. The monoisotopic (exact) mass is 941 g/mol. The van der Waals surface area contributed by atoms with Crippen LogP contribution in [0.25, 0.3) is 0 Å². The highest BCUT2D eigenvalue weighted by atomic mass is 16.6. The van der Waals surface area contributed by atoms with E-state index in [1.165, 1.54) is 218 Å². The first-order valence-electron chi connectivity index (χ1n) is 29.8. The van der Waals surface area contributed by atoms with Crippen LogP contribution >= 0.6 is 0 Å². The molecule has 0 bridgehead atoms. The molecule has 0 fully saturated rings. The summed E-state index contributed by atoms with van der Waals surface area (Å²) in [7, 11) is 0. The van der Waals surface area contributed by atoms with Crippen LogP contribution in [0.15, 0.2) is 36.5 Å². The predicted octanol–water partition coefficient (Wildman–Crippen LogP) is 20.9. The van der Waals surface area contributed by atoms with E-state index >= 15 is 0 Å². The van der Waals surface area contributed by atoms with Crippen molar-refractivity contribution in [2.75, 3.05) is 6.61 Å². The molecule has 0 aromatic heterocycles. The molecule has 0 amide bonds. The number of hydrogen-bond acceptors (Lipinski definition) is 5. The van der Waals surface area contributed by atoms with Crippen molar-refractivity contribution in [3.63, 3.8) is 0 Å². The first-order valence-corrected chi connectivity index (χ1v) is 29.8. The van der Waals surface area contributed by atoms with E-state index in [0.29, 0.717) is 31.8 Å². The third-order valence-corrected chi connectivity index (χ3v) is 13.2.